The summed E-state index contributed by atoms with van der Waals surface area (Å²) in [6.45, 7) is 18.0. The quantitative estimate of drug-likeness (QED) is 0.714. The third-order valence-corrected chi connectivity index (χ3v) is 3.74. The molecule has 0 amide bonds. The SMILES string of the molecule is CC(C)CCCN1CCO[C@H](CN(C)CC(C)(C)C)C1. The number of hydrogen-bond acceptors (Lipinski definition) is 3. The minimum atomic E-state index is 0.361. The van der Waals surface area contributed by atoms with Crippen molar-refractivity contribution >= 4 is 0 Å². The van der Waals surface area contributed by atoms with Crippen LogP contribution in [0.2, 0.25) is 0 Å². The zero-order valence-electron chi connectivity index (χ0n) is 14.6. The van der Waals surface area contributed by atoms with Gasteiger partial charge in [-0.2, -0.15) is 0 Å². The lowest BCUT2D eigenvalue weighted by molar-refractivity contribution is -0.0434. The molecule has 0 aromatic heterocycles. The van der Waals surface area contributed by atoms with E-state index < -0.39 is 0 Å². The standard InChI is InChI=1S/C17H36N2O/c1-15(2)8-7-9-19-10-11-20-16(13-19)12-18(6)14-17(3,4)5/h15-16H,7-14H2,1-6H3/t16-/m1/s1. The van der Waals surface area contributed by atoms with Crippen LogP contribution in [0.4, 0.5) is 0 Å². The molecule has 3 heteroatoms. The van der Waals surface area contributed by atoms with Gasteiger partial charge in [0, 0.05) is 26.2 Å². The molecule has 1 aliphatic heterocycles. The number of hydrogen-bond donors (Lipinski definition) is 0. The highest BCUT2D eigenvalue weighted by Crippen LogP contribution is 2.16. The fraction of sp³-hybridized carbons (Fsp3) is 1.00. The van der Waals surface area contributed by atoms with E-state index in [1.807, 2.05) is 0 Å². The molecule has 0 aromatic carbocycles. The van der Waals surface area contributed by atoms with Crippen LogP contribution in [0.3, 0.4) is 0 Å². The highest BCUT2D eigenvalue weighted by Gasteiger charge is 2.23. The van der Waals surface area contributed by atoms with Gasteiger partial charge in [-0.1, -0.05) is 34.6 Å². The Labute approximate surface area is 126 Å². The molecule has 1 aliphatic rings. The molecule has 20 heavy (non-hydrogen) atoms. The predicted molar refractivity (Wildman–Crippen MR) is 87.2 cm³/mol. The maximum Gasteiger partial charge on any atom is 0.0829 e. The minimum Gasteiger partial charge on any atom is -0.374 e. The van der Waals surface area contributed by atoms with E-state index in [1.165, 1.54) is 19.4 Å². The first kappa shape index (κ1) is 17.9. The van der Waals surface area contributed by atoms with E-state index in [4.69, 9.17) is 4.74 Å². The molecule has 1 heterocycles. The van der Waals surface area contributed by atoms with E-state index in [0.29, 0.717) is 11.5 Å². The molecule has 0 aromatic rings. The van der Waals surface area contributed by atoms with Gasteiger partial charge in [-0.15, -0.1) is 0 Å². The Morgan fingerprint density at radius 3 is 2.60 bits per heavy atom. The molecule has 1 rings (SSSR count). The highest BCUT2D eigenvalue weighted by atomic mass is 16.5. The normalized spacial score (nSPS) is 21.9. The lowest BCUT2D eigenvalue weighted by Crippen LogP contribution is -2.48. The van der Waals surface area contributed by atoms with E-state index in [9.17, 15) is 0 Å². The molecule has 0 bridgehead atoms. The molecule has 0 unspecified atom stereocenters. The van der Waals surface area contributed by atoms with Crippen LogP contribution in [0.5, 0.6) is 0 Å². The summed E-state index contributed by atoms with van der Waals surface area (Å²) < 4.78 is 5.94. The van der Waals surface area contributed by atoms with Crippen LogP contribution in [0, 0.1) is 11.3 Å². The first-order valence-electron chi connectivity index (χ1n) is 8.29. The number of likely N-dealkylation sites (N-methyl/N-ethyl adjacent to an activating group) is 1. The molecular formula is C17H36N2O. The van der Waals surface area contributed by atoms with E-state index in [1.54, 1.807) is 0 Å². The average molecular weight is 284 g/mol. The monoisotopic (exact) mass is 284 g/mol. The molecule has 120 valence electrons. The van der Waals surface area contributed by atoms with Crippen LogP contribution < -0.4 is 0 Å². The maximum atomic E-state index is 5.94. The van der Waals surface area contributed by atoms with Gasteiger partial charge >= 0.3 is 0 Å². The van der Waals surface area contributed by atoms with Gasteiger partial charge in [0.1, 0.15) is 0 Å². The number of nitrogens with zero attached hydrogens (tertiary/aromatic N) is 2. The summed E-state index contributed by atoms with van der Waals surface area (Å²) in [6.07, 6.45) is 3.05. The molecule has 0 spiro atoms. The summed E-state index contributed by atoms with van der Waals surface area (Å²) in [4.78, 5) is 5.00. The van der Waals surface area contributed by atoms with Gasteiger partial charge in [-0.25, -0.2) is 0 Å². The van der Waals surface area contributed by atoms with Crippen molar-refractivity contribution < 1.29 is 4.74 Å². The van der Waals surface area contributed by atoms with Gasteiger partial charge in [0.05, 0.1) is 12.7 Å². The van der Waals surface area contributed by atoms with Crippen molar-refractivity contribution in [3.63, 3.8) is 0 Å². The Bertz CT molecular complexity index is 260. The third-order valence-electron chi connectivity index (χ3n) is 3.74. The molecule has 1 saturated heterocycles. The van der Waals surface area contributed by atoms with E-state index >= 15 is 0 Å². The minimum absolute atomic E-state index is 0.361. The second-order valence-electron chi connectivity index (χ2n) is 8.09. The zero-order chi connectivity index (χ0) is 15.2. The molecule has 3 nitrogen and oxygen atoms in total. The zero-order valence-corrected chi connectivity index (χ0v) is 14.6. The highest BCUT2D eigenvalue weighted by molar-refractivity contribution is 4.76. The van der Waals surface area contributed by atoms with Gasteiger partial charge in [0.25, 0.3) is 0 Å². The van der Waals surface area contributed by atoms with Crippen LogP contribution in [-0.2, 0) is 4.74 Å². The number of ether oxygens (including phenoxy) is 1. The second kappa shape index (κ2) is 8.35. The topological polar surface area (TPSA) is 15.7 Å². The molecule has 1 atom stereocenters. The van der Waals surface area contributed by atoms with Crippen LogP contribution in [0.1, 0.15) is 47.5 Å². The summed E-state index contributed by atoms with van der Waals surface area (Å²) in [6, 6.07) is 0. The van der Waals surface area contributed by atoms with Crippen molar-refractivity contribution in [1.29, 1.82) is 0 Å². The summed E-state index contributed by atoms with van der Waals surface area (Å²) in [7, 11) is 2.21. The Morgan fingerprint density at radius 1 is 1.30 bits per heavy atom. The van der Waals surface area contributed by atoms with Gasteiger partial charge in [0.15, 0.2) is 0 Å². The smallest absolute Gasteiger partial charge is 0.0829 e. The van der Waals surface area contributed by atoms with Crippen molar-refractivity contribution in [1.82, 2.24) is 9.80 Å². The summed E-state index contributed by atoms with van der Waals surface area (Å²) in [5.41, 5.74) is 0.361. The summed E-state index contributed by atoms with van der Waals surface area (Å²) >= 11 is 0. The first-order valence-corrected chi connectivity index (χ1v) is 8.29. The van der Waals surface area contributed by atoms with Crippen LogP contribution in [-0.4, -0.2) is 62.3 Å². The van der Waals surface area contributed by atoms with Crippen molar-refractivity contribution in [3.05, 3.63) is 0 Å². The van der Waals surface area contributed by atoms with E-state index in [0.717, 1.165) is 38.7 Å². The van der Waals surface area contributed by atoms with Crippen molar-refractivity contribution in [2.45, 2.75) is 53.6 Å². The summed E-state index contributed by atoms with van der Waals surface area (Å²) in [5.74, 6) is 0.824. The molecule has 0 saturated carbocycles. The van der Waals surface area contributed by atoms with Crippen LogP contribution >= 0.6 is 0 Å². The lowest BCUT2D eigenvalue weighted by atomic mass is 9.96. The third kappa shape index (κ3) is 8.23. The Balaban J connectivity index is 2.26. The number of rotatable bonds is 7. The molecule has 1 fully saturated rings. The van der Waals surface area contributed by atoms with Crippen molar-refractivity contribution in [3.8, 4) is 0 Å². The van der Waals surface area contributed by atoms with Crippen molar-refractivity contribution in [2.75, 3.05) is 46.4 Å². The molecule has 0 aliphatic carbocycles. The first-order chi connectivity index (χ1) is 9.26. The van der Waals surface area contributed by atoms with Gasteiger partial charge < -0.3 is 9.64 Å². The summed E-state index contributed by atoms with van der Waals surface area (Å²) in [5, 5.41) is 0. The Morgan fingerprint density at radius 2 is 2.00 bits per heavy atom. The Hall–Kier alpha value is -0.120. The van der Waals surface area contributed by atoms with Gasteiger partial charge in [-0.05, 0) is 37.8 Å². The predicted octanol–water partition coefficient (Wildman–Crippen LogP) is 3.10. The van der Waals surface area contributed by atoms with Crippen LogP contribution in [0.25, 0.3) is 0 Å². The van der Waals surface area contributed by atoms with Gasteiger partial charge in [-0.3, -0.25) is 4.90 Å². The maximum absolute atomic E-state index is 5.94. The molecule has 0 radical (unpaired) electrons. The number of morpholine rings is 1. The Kier molecular flexibility index (Phi) is 7.49. The van der Waals surface area contributed by atoms with Gasteiger partial charge in [0.2, 0.25) is 0 Å². The molecular weight excluding hydrogens is 248 g/mol. The average Bonchev–Trinajstić information content (AvgIpc) is 2.26. The van der Waals surface area contributed by atoms with E-state index in [2.05, 4.69) is 51.5 Å². The second-order valence-corrected chi connectivity index (χ2v) is 8.09. The fourth-order valence-corrected chi connectivity index (χ4v) is 3.04. The van der Waals surface area contributed by atoms with Crippen molar-refractivity contribution in [2.24, 2.45) is 11.3 Å². The van der Waals surface area contributed by atoms with E-state index in [-0.39, 0.29) is 0 Å². The lowest BCUT2D eigenvalue weighted by Gasteiger charge is -2.36. The fourth-order valence-electron chi connectivity index (χ4n) is 3.04. The largest absolute Gasteiger partial charge is 0.374 e. The molecule has 0 N–H and O–H groups in total. The van der Waals surface area contributed by atoms with Crippen LogP contribution in [0.15, 0.2) is 0 Å².